The van der Waals surface area contributed by atoms with Crippen molar-refractivity contribution in [3.05, 3.63) is 23.2 Å². The molecule has 3 rings (SSSR count). The number of piperidine rings is 1. The van der Waals surface area contributed by atoms with E-state index < -0.39 is 21.9 Å². The number of sulfonamides is 1. The number of aliphatic carboxylic acids is 1. The van der Waals surface area contributed by atoms with Crippen molar-refractivity contribution in [1.29, 1.82) is 0 Å². The number of thiazole rings is 1. The Bertz CT molecular complexity index is 820. The first-order valence-electron chi connectivity index (χ1n) is 6.98. The maximum absolute atomic E-state index is 12.7. The SMILES string of the molecule is Cc1nc2ccc(S(=O)(=O)N3CCC(C(=O)O)CC3)cc2s1. The molecule has 1 fully saturated rings. The van der Waals surface area contributed by atoms with Crippen molar-refractivity contribution in [2.45, 2.75) is 24.7 Å². The summed E-state index contributed by atoms with van der Waals surface area (Å²) in [5.74, 6) is -1.29. The molecular formula is C14H16N2O4S2. The van der Waals surface area contributed by atoms with E-state index in [0.717, 1.165) is 15.2 Å². The van der Waals surface area contributed by atoms with E-state index >= 15 is 0 Å². The zero-order valence-electron chi connectivity index (χ0n) is 12.0. The van der Waals surface area contributed by atoms with Gasteiger partial charge >= 0.3 is 5.97 Å². The maximum Gasteiger partial charge on any atom is 0.306 e. The molecule has 0 atom stereocenters. The van der Waals surface area contributed by atoms with Gasteiger partial charge in [0.1, 0.15) is 0 Å². The lowest BCUT2D eigenvalue weighted by atomic mass is 9.99. The Morgan fingerprint density at radius 2 is 2.05 bits per heavy atom. The van der Waals surface area contributed by atoms with E-state index in [1.807, 2.05) is 6.92 Å². The monoisotopic (exact) mass is 340 g/mol. The third kappa shape index (κ3) is 2.73. The Balaban J connectivity index is 1.87. The van der Waals surface area contributed by atoms with Crippen LogP contribution in [0.5, 0.6) is 0 Å². The molecule has 6 nitrogen and oxygen atoms in total. The minimum Gasteiger partial charge on any atom is -0.481 e. The first kappa shape index (κ1) is 15.4. The predicted octanol–water partition coefficient (Wildman–Crippen LogP) is 2.09. The number of aromatic nitrogens is 1. The van der Waals surface area contributed by atoms with Gasteiger partial charge < -0.3 is 5.11 Å². The van der Waals surface area contributed by atoms with E-state index in [4.69, 9.17) is 5.11 Å². The summed E-state index contributed by atoms with van der Waals surface area (Å²) in [6.45, 7) is 2.38. The van der Waals surface area contributed by atoms with Gasteiger partial charge in [-0.25, -0.2) is 13.4 Å². The number of rotatable bonds is 3. The average Bonchev–Trinajstić information content (AvgIpc) is 2.86. The van der Waals surface area contributed by atoms with Gasteiger partial charge in [0.25, 0.3) is 0 Å². The Morgan fingerprint density at radius 1 is 1.36 bits per heavy atom. The lowest BCUT2D eigenvalue weighted by Crippen LogP contribution is -2.40. The van der Waals surface area contributed by atoms with E-state index in [-0.39, 0.29) is 18.0 Å². The smallest absolute Gasteiger partial charge is 0.306 e. The highest BCUT2D eigenvalue weighted by Gasteiger charge is 2.32. The molecule has 0 radical (unpaired) electrons. The van der Waals surface area contributed by atoms with Gasteiger partial charge in [0.2, 0.25) is 10.0 Å². The van der Waals surface area contributed by atoms with Crippen LogP contribution in [0.2, 0.25) is 0 Å². The van der Waals surface area contributed by atoms with Crippen LogP contribution in [-0.2, 0) is 14.8 Å². The third-order valence-electron chi connectivity index (χ3n) is 3.91. The van der Waals surface area contributed by atoms with Crippen molar-refractivity contribution in [2.75, 3.05) is 13.1 Å². The summed E-state index contributed by atoms with van der Waals surface area (Å²) in [6, 6.07) is 4.94. The summed E-state index contributed by atoms with van der Waals surface area (Å²) in [7, 11) is -3.57. The first-order chi connectivity index (χ1) is 10.4. The summed E-state index contributed by atoms with van der Waals surface area (Å²) in [5.41, 5.74) is 0.797. The number of benzene rings is 1. The molecule has 0 saturated carbocycles. The van der Waals surface area contributed by atoms with Crippen LogP contribution in [0.1, 0.15) is 17.8 Å². The van der Waals surface area contributed by atoms with E-state index in [2.05, 4.69) is 4.98 Å². The summed E-state index contributed by atoms with van der Waals surface area (Å²) in [6.07, 6.45) is 0.715. The van der Waals surface area contributed by atoms with Crippen molar-refractivity contribution in [3.63, 3.8) is 0 Å². The fourth-order valence-corrected chi connectivity index (χ4v) is 5.11. The molecule has 1 N–H and O–H groups in total. The summed E-state index contributed by atoms with van der Waals surface area (Å²) in [4.78, 5) is 15.5. The van der Waals surface area contributed by atoms with Crippen LogP contribution >= 0.6 is 11.3 Å². The second kappa shape index (κ2) is 5.60. The quantitative estimate of drug-likeness (QED) is 0.924. The number of hydrogen-bond acceptors (Lipinski definition) is 5. The fourth-order valence-electron chi connectivity index (χ4n) is 2.67. The van der Waals surface area contributed by atoms with Crippen LogP contribution < -0.4 is 0 Å². The molecule has 118 valence electrons. The van der Waals surface area contributed by atoms with E-state index in [0.29, 0.717) is 12.8 Å². The maximum atomic E-state index is 12.7. The van der Waals surface area contributed by atoms with Crippen molar-refractivity contribution in [1.82, 2.24) is 9.29 Å². The van der Waals surface area contributed by atoms with Gasteiger partial charge in [0, 0.05) is 13.1 Å². The molecule has 2 heterocycles. The molecule has 8 heteroatoms. The Morgan fingerprint density at radius 3 is 2.68 bits per heavy atom. The molecule has 0 bridgehead atoms. The van der Waals surface area contributed by atoms with Gasteiger partial charge in [-0.1, -0.05) is 0 Å². The normalized spacial score (nSPS) is 17.9. The minimum atomic E-state index is -3.57. The zero-order valence-corrected chi connectivity index (χ0v) is 13.7. The van der Waals surface area contributed by atoms with E-state index in [9.17, 15) is 13.2 Å². The standard InChI is InChI=1S/C14H16N2O4S2/c1-9-15-12-3-2-11(8-13(12)21-9)22(19,20)16-6-4-10(5-7-16)14(17)18/h2-3,8,10H,4-7H2,1H3,(H,17,18). The second-order valence-corrected chi connectivity index (χ2v) is 8.55. The highest BCUT2D eigenvalue weighted by molar-refractivity contribution is 7.89. The predicted molar refractivity (Wildman–Crippen MR) is 83.5 cm³/mol. The Hall–Kier alpha value is -1.51. The van der Waals surface area contributed by atoms with E-state index in [1.54, 1.807) is 18.2 Å². The molecule has 0 aliphatic carbocycles. The van der Waals surface area contributed by atoms with Crippen molar-refractivity contribution < 1.29 is 18.3 Å². The van der Waals surface area contributed by atoms with Crippen molar-refractivity contribution in [3.8, 4) is 0 Å². The fraction of sp³-hybridized carbons (Fsp3) is 0.429. The highest BCUT2D eigenvalue weighted by Crippen LogP contribution is 2.28. The highest BCUT2D eigenvalue weighted by atomic mass is 32.2. The molecule has 1 aromatic heterocycles. The van der Waals surface area contributed by atoms with Crippen molar-refractivity contribution in [2.24, 2.45) is 5.92 Å². The molecule has 1 saturated heterocycles. The van der Waals surface area contributed by atoms with Crippen LogP contribution in [0.25, 0.3) is 10.2 Å². The second-order valence-electron chi connectivity index (χ2n) is 5.38. The molecule has 1 aliphatic heterocycles. The largest absolute Gasteiger partial charge is 0.481 e. The molecule has 0 unspecified atom stereocenters. The minimum absolute atomic E-state index is 0.248. The molecule has 0 spiro atoms. The van der Waals surface area contributed by atoms with Gasteiger partial charge in [-0.3, -0.25) is 4.79 Å². The Kier molecular flexibility index (Phi) is 3.92. The van der Waals surface area contributed by atoms with Gasteiger partial charge in [-0.05, 0) is 38.0 Å². The summed E-state index contributed by atoms with van der Waals surface area (Å²) in [5, 5.41) is 9.89. The number of hydrogen-bond donors (Lipinski definition) is 1. The van der Waals surface area contributed by atoms with Gasteiger partial charge in [-0.15, -0.1) is 11.3 Å². The average molecular weight is 340 g/mol. The number of fused-ring (bicyclic) bond motifs is 1. The molecule has 2 aromatic rings. The molecular weight excluding hydrogens is 324 g/mol. The third-order valence-corrected chi connectivity index (χ3v) is 6.74. The van der Waals surface area contributed by atoms with Crippen LogP contribution in [0.15, 0.2) is 23.1 Å². The summed E-state index contributed by atoms with van der Waals surface area (Å²) >= 11 is 1.46. The number of carbonyl (C=O) groups is 1. The Labute approximate surface area is 132 Å². The topological polar surface area (TPSA) is 87.6 Å². The van der Waals surface area contributed by atoms with Crippen LogP contribution in [0.3, 0.4) is 0 Å². The van der Waals surface area contributed by atoms with Crippen LogP contribution in [0.4, 0.5) is 0 Å². The van der Waals surface area contributed by atoms with Gasteiger partial charge in [0.15, 0.2) is 0 Å². The van der Waals surface area contributed by atoms with E-state index in [1.165, 1.54) is 15.6 Å². The molecule has 0 amide bonds. The number of nitrogens with zero attached hydrogens (tertiary/aromatic N) is 2. The van der Waals surface area contributed by atoms with Crippen LogP contribution in [0, 0.1) is 12.8 Å². The van der Waals surface area contributed by atoms with Gasteiger partial charge in [0.05, 0.1) is 26.0 Å². The molecule has 1 aromatic carbocycles. The van der Waals surface area contributed by atoms with Gasteiger partial charge in [-0.2, -0.15) is 4.31 Å². The zero-order chi connectivity index (χ0) is 15.9. The number of carboxylic acids is 1. The van der Waals surface area contributed by atoms with Crippen molar-refractivity contribution >= 4 is 37.5 Å². The molecule has 22 heavy (non-hydrogen) atoms. The lowest BCUT2D eigenvalue weighted by molar-refractivity contribution is -0.142. The number of aryl methyl sites for hydroxylation is 1. The lowest BCUT2D eigenvalue weighted by Gasteiger charge is -2.29. The first-order valence-corrected chi connectivity index (χ1v) is 9.24. The number of carboxylic acid groups (broad SMARTS) is 1. The molecule has 1 aliphatic rings. The summed E-state index contributed by atoms with van der Waals surface area (Å²) < 4.78 is 27.6. The van der Waals surface area contributed by atoms with Crippen LogP contribution in [-0.4, -0.2) is 41.9 Å².